The number of aryl methyl sites for hydroxylation is 1. The molecule has 2 heterocycles. The van der Waals surface area contributed by atoms with E-state index in [2.05, 4.69) is 9.97 Å². The molecule has 4 rings (SSSR count). The second kappa shape index (κ2) is 4.23. The average molecular weight is 270 g/mol. The molecule has 5 nitrogen and oxygen atoms in total. The molecular weight excluding hydrogens is 252 g/mol. The molecule has 1 aromatic carbocycles. The first kappa shape index (κ1) is 11.8. The van der Waals surface area contributed by atoms with Crippen LogP contribution in [0, 0.1) is 0 Å². The zero-order valence-electron chi connectivity index (χ0n) is 11.6. The zero-order valence-corrected chi connectivity index (χ0v) is 11.6. The summed E-state index contributed by atoms with van der Waals surface area (Å²) in [7, 11) is 1.78. The van der Waals surface area contributed by atoms with E-state index >= 15 is 0 Å². The van der Waals surface area contributed by atoms with Crippen molar-refractivity contribution in [3.05, 3.63) is 28.4 Å². The van der Waals surface area contributed by atoms with Gasteiger partial charge in [0.2, 0.25) is 0 Å². The molecule has 5 heteroatoms. The molecule has 20 heavy (non-hydrogen) atoms. The maximum absolute atomic E-state index is 11.6. The Balaban J connectivity index is 1.86. The Bertz CT molecular complexity index is 833. The predicted molar refractivity (Wildman–Crippen MR) is 79.0 cm³/mol. The zero-order chi connectivity index (χ0) is 13.7. The summed E-state index contributed by atoms with van der Waals surface area (Å²) in [5.41, 5.74) is 3.65. The standard InChI is InChI=1S/C15H18N4O/c1-19-13-8-11-10(7-12(13)18-15(19)20)16-14(17-11)9-5-3-2-4-6-9/h7-9H,2-6H2,1H3,(H,16,17)(H,18,20). The third-order valence-electron chi connectivity index (χ3n) is 4.52. The van der Waals surface area contributed by atoms with Crippen molar-refractivity contribution in [1.29, 1.82) is 0 Å². The normalized spacial score (nSPS) is 17.2. The van der Waals surface area contributed by atoms with E-state index in [0.717, 1.165) is 27.9 Å². The molecule has 1 aliphatic rings. The largest absolute Gasteiger partial charge is 0.342 e. The van der Waals surface area contributed by atoms with Crippen LogP contribution in [0.3, 0.4) is 0 Å². The van der Waals surface area contributed by atoms with Crippen LogP contribution in [0.4, 0.5) is 0 Å². The third-order valence-corrected chi connectivity index (χ3v) is 4.52. The van der Waals surface area contributed by atoms with E-state index in [1.165, 1.54) is 32.1 Å². The van der Waals surface area contributed by atoms with Gasteiger partial charge in [0.1, 0.15) is 5.82 Å². The molecule has 1 saturated carbocycles. The van der Waals surface area contributed by atoms with Gasteiger partial charge in [0, 0.05) is 13.0 Å². The average Bonchev–Trinajstić information content (AvgIpc) is 3.00. The summed E-state index contributed by atoms with van der Waals surface area (Å²) in [4.78, 5) is 22.7. The summed E-state index contributed by atoms with van der Waals surface area (Å²) in [6.45, 7) is 0. The van der Waals surface area contributed by atoms with Gasteiger partial charge in [-0.05, 0) is 25.0 Å². The molecule has 0 radical (unpaired) electrons. The molecule has 0 amide bonds. The van der Waals surface area contributed by atoms with E-state index in [9.17, 15) is 4.79 Å². The minimum Gasteiger partial charge on any atom is -0.342 e. The Morgan fingerprint density at radius 2 is 1.95 bits per heavy atom. The van der Waals surface area contributed by atoms with Crippen molar-refractivity contribution in [2.75, 3.05) is 0 Å². The van der Waals surface area contributed by atoms with Crippen LogP contribution in [0.5, 0.6) is 0 Å². The van der Waals surface area contributed by atoms with Gasteiger partial charge in [-0.2, -0.15) is 0 Å². The number of aromatic amines is 2. The summed E-state index contributed by atoms with van der Waals surface area (Å²) in [6.07, 6.45) is 6.42. The number of H-pyrrole nitrogens is 2. The molecule has 0 aliphatic heterocycles. The first-order chi connectivity index (χ1) is 9.72. The van der Waals surface area contributed by atoms with Gasteiger partial charge in [-0.1, -0.05) is 19.3 Å². The van der Waals surface area contributed by atoms with Crippen LogP contribution in [0.1, 0.15) is 43.8 Å². The number of fused-ring (bicyclic) bond motifs is 2. The molecule has 2 N–H and O–H groups in total. The number of rotatable bonds is 1. The molecule has 0 bridgehead atoms. The first-order valence-corrected chi connectivity index (χ1v) is 7.31. The minimum atomic E-state index is -0.0832. The van der Waals surface area contributed by atoms with Crippen molar-refractivity contribution in [3.63, 3.8) is 0 Å². The van der Waals surface area contributed by atoms with Gasteiger partial charge >= 0.3 is 5.69 Å². The number of benzene rings is 1. The molecule has 0 unspecified atom stereocenters. The lowest BCUT2D eigenvalue weighted by molar-refractivity contribution is 0.431. The van der Waals surface area contributed by atoms with Gasteiger partial charge in [0.25, 0.3) is 0 Å². The van der Waals surface area contributed by atoms with Gasteiger partial charge in [0.05, 0.1) is 22.1 Å². The highest BCUT2D eigenvalue weighted by Gasteiger charge is 2.19. The fourth-order valence-electron chi connectivity index (χ4n) is 3.32. The van der Waals surface area contributed by atoms with Gasteiger partial charge in [0.15, 0.2) is 0 Å². The number of aromatic nitrogens is 4. The van der Waals surface area contributed by atoms with Gasteiger partial charge < -0.3 is 9.97 Å². The summed E-state index contributed by atoms with van der Waals surface area (Å²) < 4.78 is 1.63. The molecule has 1 aliphatic carbocycles. The summed E-state index contributed by atoms with van der Waals surface area (Å²) in [5, 5.41) is 0. The lowest BCUT2D eigenvalue weighted by atomic mass is 9.89. The molecule has 0 spiro atoms. The number of nitrogens with one attached hydrogen (secondary N) is 2. The van der Waals surface area contributed by atoms with Crippen molar-refractivity contribution in [2.45, 2.75) is 38.0 Å². The SMILES string of the molecule is Cn1c(=O)[nH]c2cc3[nH]c(C4CCCCC4)nc3cc21. The van der Waals surface area contributed by atoms with E-state index in [4.69, 9.17) is 4.98 Å². The van der Waals surface area contributed by atoms with Crippen molar-refractivity contribution in [3.8, 4) is 0 Å². The quantitative estimate of drug-likeness (QED) is 0.714. The van der Waals surface area contributed by atoms with Gasteiger partial charge in [-0.3, -0.25) is 4.57 Å². The third kappa shape index (κ3) is 1.69. The Morgan fingerprint density at radius 3 is 2.75 bits per heavy atom. The summed E-state index contributed by atoms with van der Waals surface area (Å²) >= 11 is 0. The Morgan fingerprint density at radius 1 is 1.15 bits per heavy atom. The molecule has 1 fully saturated rings. The molecule has 2 aromatic heterocycles. The van der Waals surface area contributed by atoms with Crippen LogP contribution >= 0.6 is 0 Å². The highest BCUT2D eigenvalue weighted by atomic mass is 16.1. The monoisotopic (exact) mass is 270 g/mol. The summed E-state index contributed by atoms with van der Waals surface area (Å²) in [6, 6.07) is 3.98. The van der Waals surface area contributed by atoms with E-state index in [-0.39, 0.29) is 5.69 Å². The van der Waals surface area contributed by atoms with Crippen LogP contribution < -0.4 is 5.69 Å². The van der Waals surface area contributed by atoms with Crippen molar-refractivity contribution in [2.24, 2.45) is 7.05 Å². The number of nitrogens with zero attached hydrogens (tertiary/aromatic N) is 2. The van der Waals surface area contributed by atoms with Gasteiger partial charge in [-0.25, -0.2) is 9.78 Å². The number of hydrogen-bond acceptors (Lipinski definition) is 2. The second-order valence-electron chi connectivity index (χ2n) is 5.83. The van der Waals surface area contributed by atoms with E-state index in [1.807, 2.05) is 12.1 Å². The number of imidazole rings is 2. The molecule has 3 aromatic rings. The minimum absolute atomic E-state index is 0.0832. The van der Waals surface area contributed by atoms with Crippen molar-refractivity contribution >= 4 is 22.1 Å². The lowest BCUT2D eigenvalue weighted by Gasteiger charge is -2.18. The Labute approximate surface area is 116 Å². The van der Waals surface area contributed by atoms with E-state index in [0.29, 0.717) is 5.92 Å². The van der Waals surface area contributed by atoms with Crippen LogP contribution in [0.25, 0.3) is 22.1 Å². The fourth-order valence-corrected chi connectivity index (χ4v) is 3.32. The predicted octanol–water partition coefficient (Wildman–Crippen LogP) is 2.79. The van der Waals surface area contributed by atoms with E-state index < -0.39 is 0 Å². The highest BCUT2D eigenvalue weighted by molar-refractivity contribution is 5.91. The molecular formula is C15H18N4O. The number of hydrogen-bond donors (Lipinski definition) is 2. The first-order valence-electron chi connectivity index (χ1n) is 7.31. The van der Waals surface area contributed by atoms with Gasteiger partial charge in [-0.15, -0.1) is 0 Å². The van der Waals surface area contributed by atoms with Crippen LogP contribution in [-0.4, -0.2) is 19.5 Å². The van der Waals surface area contributed by atoms with Crippen molar-refractivity contribution < 1.29 is 0 Å². The maximum Gasteiger partial charge on any atom is 0.326 e. The second-order valence-corrected chi connectivity index (χ2v) is 5.83. The molecule has 0 saturated heterocycles. The van der Waals surface area contributed by atoms with Crippen LogP contribution in [0.2, 0.25) is 0 Å². The smallest absolute Gasteiger partial charge is 0.326 e. The lowest BCUT2D eigenvalue weighted by Crippen LogP contribution is -2.11. The fraction of sp³-hybridized carbons (Fsp3) is 0.467. The maximum atomic E-state index is 11.6. The Hall–Kier alpha value is -2.04. The Kier molecular flexibility index (Phi) is 2.49. The molecule has 0 atom stereocenters. The molecule has 104 valence electrons. The highest BCUT2D eigenvalue weighted by Crippen LogP contribution is 2.32. The van der Waals surface area contributed by atoms with Crippen molar-refractivity contribution in [1.82, 2.24) is 19.5 Å². The van der Waals surface area contributed by atoms with Crippen LogP contribution in [0.15, 0.2) is 16.9 Å². The van der Waals surface area contributed by atoms with E-state index in [1.54, 1.807) is 11.6 Å². The topological polar surface area (TPSA) is 66.5 Å². The summed E-state index contributed by atoms with van der Waals surface area (Å²) in [5.74, 6) is 1.68. The van der Waals surface area contributed by atoms with Crippen LogP contribution in [-0.2, 0) is 7.05 Å².